The van der Waals surface area contributed by atoms with Gasteiger partial charge in [-0.05, 0) is 36.5 Å². The standard InChI is InChI=1S/C17H21N3O2/c1-19-9-3-4-15(19)17(21)20-10-7-13(8-11-20)14-5-6-16(22-2)18-12-14/h3-6,9,12-13H,7-8,10-11H2,1-2H3. The highest BCUT2D eigenvalue weighted by atomic mass is 16.5. The molecule has 0 atom stereocenters. The maximum Gasteiger partial charge on any atom is 0.270 e. The van der Waals surface area contributed by atoms with Crippen molar-refractivity contribution in [2.45, 2.75) is 18.8 Å². The number of methoxy groups -OCH3 is 1. The van der Waals surface area contributed by atoms with Gasteiger partial charge in [-0.3, -0.25) is 4.79 Å². The molecule has 0 bridgehead atoms. The molecule has 22 heavy (non-hydrogen) atoms. The fourth-order valence-electron chi connectivity index (χ4n) is 3.02. The molecule has 5 nitrogen and oxygen atoms in total. The first-order chi connectivity index (χ1) is 10.7. The molecule has 1 amide bonds. The highest BCUT2D eigenvalue weighted by molar-refractivity contribution is 5.92. The summed E-state index contributed by atoms with van der Waals surface area (Å²) >= 11 is 0. The van der Waals surface area contributed by atoms with Gasteiger partial charge in [-0.1, -0.05) is 6.07 Å². The van der Waals surface area contributed by atoms with Crippen LogP contribution in [0, 0.1) is 0 Å². The summed E-state index contributed by atoms with van der Waals surface area (Å²) in [4.78, 5) is 18.7. The Labute approximate surface area is 130 Å². The predicted octanol–water partition coefficient (Wildman–Crippen LogP) is 2.45. The lowest BCUT2D eigenvalue weighted by molar-refractivity contribution is 0.0703. The second kappa shape index (κ2) is 6.22. The molecule has 2 aromatic rings. The molecule has 0 aliphatic carbocycles. The molecule has 0 saturated carbocycles. The number of carbonyl (C=O) groups excluding carboxylic acids is 1. The van der Waals surface area contributed by atoms with Crippen LogP contribution in [0.3, 0.4) is 0 Å². The van der Waals surface area contributed by atoms with Crippen molar-refractivity contribution in [2.24, 2.45) is 7.05 Å². The highest BCUT2D eigenvalue weighted by Crippen LogP contribution is 2.28. The zero-order chi connectivity index (χ0) is 15.5. The number of piperidine rings is 1. The molecule has 0 spiro atoms. The SMILES string of the molecule is COc1ccc(C2CCN(C(=O)c3cccn3C)CC2)cn1. The number of hydrogen-bond acceptors (Lipinski definition) is 3. The number of nitrogens with zero attached hydrogens (tertiary/aromatic N) is 3. The van der Waals surface area contributed by atoms with E-state index >= 15 is 0 Å². The number of ether oxygens (including phenoxy) is 1. The number of hydrogen-bond donors (Lipinski definition) is 0. The van der Waals surface area contributed by atoms with Crippen molar-refractivity contribution in [3.8, 4) is 5.88 Å². The molecule has 5 heteroatoms. The van der Waals surface area contributed by atoms with Crippen molar-refractivity contribution in [2.75, 3.05) is 20.2 Å². The number of amides is 1. The van der Waals surface area contributed by atoms with E-state index < -0.39 is 0 Å². The maximum atomic E-state index is 12.5. The van der Waals surface area contributed by atoms with Crippen molar-refractivity contribution in [1.29, 1.82) is 0 Å². The van der Waals surface area contributed by atoms with Gasteiger partial charge in [-0.25, -0.2) is 4.98 Å². The first-order valence-electron chi connectivity index (χ1n) is 7.59. The second-order valence-corrected chi connectivity index (χ2v) is 5.70. The van der Waals surface area contributed by atoms with E-state index in [1.54, 1.807) is 7.11 Å². The molecule has 1 saturated heterocycles. The van der Waals surface area contributed by atoms with Crippen LogP contribution >= 0.6 is 0 Å². The number of rotatable bonds is 3. The lowest BCUT2D eigenvalue weighted by Gasteiger charge is -2.32. The minimum Gasteiger partial charge on any atom is -0.481 e. The summed E-state index contributed by atoms with van der Waals surface area (Å²) in [7, 11) is 3.53. The van der Waals surface area contributed by atoms with E-state index in [-0.39, 0.29) is 5.91 Å². The van der Waals surface area contributed by atoms with E-state index in [2.05, 4.69) is 11.1 Å². The van der Waals surface area contributed by atoms with Crippen LogP contribution in [-0.4, -0.2) is 40.6 Å². The molecule has 1 aliphatic rings. The average molecular weight is 299 g/mol. The average Bonchev–Trinajstić information content (AvgIpc) is 3.00. The summed E-state index contributed by atoms with van der Waals surface area (Å²) in [6, 6.07) is 7.76. The lowest BCUT2D eigenvalue weighted by atomic mass is 9.90. The van der Waals surface area contributed by atoms with Crippen molar-refractivity contribution in [1.82, 2.24) is 14.5 Å². The third kappa shape index (κ3) is 2.84. The van der Waals surface area contributed by atoms with Gasteiger partial charge in [0.2, 0.25) is 5.88 Å². The van der Waals surface area contributed by atoms with Crippen LogP contribution in [0.15, 0.2) is 36.7 Å². The summed E-state index contributed by atoms with van der Waals surface area (Å²) in [5, 5.41) is 0. The van der Waals surface area contributed by atoms with Crippen LogP contribution in [0.1, 0.15) is 34.8 Å². The second-order valence-electron chi connectivity index (χ2n) is 5.70. The number of carbonyl (C=O) groups is 1. The van der Waals surface area contributed by atoms with Gasteiger partial charge in [0.15, 0.2) is 0 Å². The largest absolute Gasteiger partial charge is 0.481 e. The third-order valence-corrected chi connectivity index (χ3v) is 4.38. The van der Waals surface area contributed by atoms with Crippen LogP contribution in [0.5, 0.6) is 5.88 Å². The minimum absolute atomic E-state index is 0.124. The normalized spacial score (nSPS) is 15.8. The van der Waals surface area contributed by atoms with Gasteiger partial charge in [0.05, 0.1) is 7.11 Å². The zero-order valence-corrected chi connectivity index (χ0v) is 13.0. The molecule has 116 valence electrons. The third-order valence-electron chi connectivity index (χ3n) is 4.38. The molecule has 2 aromatic heterocycles. The van der Waals surface area contributed by atoms with Crippen LogP contribution in [-0.2, 0) is 7.05 Å². The van der Waals surface area contributed by atoms with Crippen LogP contribution in [0.25, 0.3) is 0 Å². The molecule has 3 heterocycles. The van der Waals surface area contributed by atoms with E-state index in [1.165, 1.54) is 5.56 Å². The molecule has 0 unspecified atom stereocenters. The maximum absolute atomic E-state index is 12.5. The van der Waals surface area contributed by atoms with Gasteiger partial charge < -0.3 is 14.2 Å². The number of pyridine rings is 1. The Balaban J connectivity index is 1.62. The van der Waals surface area contributed by atoms with Crippen molar-refractivity contribution < 1.29 is 9.53 Å². The van der Waals surface area contributed by atoms with E-state index in [9.17, 15) is 4.79 Å². The zero-order valence-electron chi connectivity index (χ0n) is 13.0. The van der Waals surface area contributed by atoms with Gasteiger partial charge in [0, 0.05) is 38.6 Å². The Bertz CT molecular complexity index is 640. The molecule has 0 aromatic carbocycles. The molecular formula is C17H21N3O2. The first-order valence-corrected chi connectivity index (χ1v) is 7.59. The van der Waals surface area contributed by atoms with E-state index in [0.717, 1.165) is 31.6 Å². The highest BCUT2D eigenvalue weighted by Gasteiger charge is 2.25. The fraction of sp³-hybridized carbons (Fsp3) is 0.412. The van der Waals surface area contributed by atoms with Gasteiger partial charge in [0.1, 0.15) is 5.69 Å². The Hall–Kier alpha value is -2.30. The quantitative estimate of drug-likeness (QED) is 0.874. The van der Waals surface area contributed by atoms with Crippen LogP contribution < -0.4 is 4.74 Å². The molecule has 1 fully saturated rings. The van der Waals surface area contributed by atoms with Gasteiger partial charge in [-0.15, -0.1) is 0 Å². The monoisotopic (exact) mass is 299 g/mol. The summed E-state index contributed by atoms with van der Waals surface area (Å²) in [5.74, 6) is 1.23. The molecule has 3 rings (SSSR count). The van der Waals surface area contributed by atoms with Gasteiger partial charge in [-0.2, -0.15) is 0 Å². The van der Waals surface area contributed by atoms with E-state index in [0.29, 0.717) is 11.8 Å². The molecule has 0 radical (unpaired) electrons. The van der Waals surface area contributed by atoms with E-state index in [1.807, 2.05) is 47.1 Å². The van der Waals surface area contributed by atoms with Crippen LogP contribution in [0.4, 0.5) is 0 Å². The first kappa shape index (κ1) is 14.6. The van der Waals surface area contributed by atoms with E-state index in [4.69, 9.17) is 4.74 Å². The smallest absolute Gasteiger partial charge is 0.270 e. The van der Waals surface area contributed by atoms with Crippen molar-refractivity contribution in [3.05, 3.63) is 47.9 Å². The van der Waals surface area contributed by atoms with Crippen molar-refractivity contribution in [3.63, 3.8) is 0 Å². The number of aromatic nitrogens is 2. The Morgan fingerprint density at radius 1 is 1.27 bits per heavy atom. The minimum atomic E-state index is 0.124. The summed E-state index contributed by atoms with van der Waals surface area (Å²) in [6.45, 7) is 1.58. The lowest BCUT2D eigenvalue weighted by Crippen LogP contribution is -2.38. The summed E-state index contributed by atoms with van der Waals surface area (Å²) in [5.41, 5.74) is 1.98. The Morgan fingerprint density at radius 2 is 2.05 bits per heavy atom. The molecule has 0 N–H and O–H groups in total. The topological polar surface area (TPSA) is 47.4 Å². The Morgan fingerprint density at radius 3 is 2.59 bits per heavy atom. The summed E-state index contributed by atoms with van der Waals surface area (Å²) < 4.78 is 6.97. The number of likely N-dealkylation sites (tertiary alicyclic amines) is 1. The van der Waals surface area contributed by atoms with Gasteiger partial charge >= 0.3 is 0 Å². The fourth-order valence-corrected chi connectivity index (χ4v) is 3.02. The number of aryl methyl sites for hydroxylation is 1. The Kier molecular flexibility index (Phi) is 4.13. The van der Waals surface area contributed by atoms with Crippen LogP contribution in [0.2, 0.25) is 0 Å². The molecular weight excluding hydrogens is 278 g/mol. The van der Waals surface area contributed by atoms with Gasteiger partial charge in [0.25, 0.3) is 5.91 Å². The molecule has 1 aliphatic heterocycles. The predicted molar refractivity (Wildman–Crippen MR) is 84.1 cm³/mol. The summed E-state index contributed by atoms with van der Waals surface area (Å²) in [6.07, 6.45) is 5.75. The van der Waals surface area contributed by atoms with Crippen molar-refractivity contribution >= 4 is 5.91 Å².